The van der Waals surface area contributed by atoms with Gasteiger partial charge in [0.1, 0.15) is 67.1 Å². The topological polar surface area (TPSA) is 632 Å². The van der Waals surface area contributed by atoms with E-state index in [9.17, 15) is 90.4 Å². The van der Waals surface area contributed by atoms with Crippen LogP contribution in [0.2, 0.25) is 13.6 Å². The molecule has 92 heavy (non-hydrogen) atoms. The first-order valence-corrected chi connectivity index (χ1v) is 25.1. The zero-order valence-corrected chi connectivity index (χ0v) is 70.7. The molecule has 0 aliphatic carbocycles. The van der Waals surface area contributed by atoms with Gasteiger partial charge in [-0.1, -0.05) is 0 Å². The molecule has 0 saturated carbocycles. The Bertz CT molecular complexity index is 2300. The number of aliphatic hydroxyl groups is 14. The third kappa shape index (κ3) is 23.7. The van der Waals surface area contributed by atoms with Gasteiger partial charge in [0.25, 0.3) is 0 Å². The van der Waals surface area contributed by atoms with Crippen LogP contribution in [0.4, 0.5) is 0 Å². The van der Waals surface area contributed by atoms with Gasteiger partial charge in [-0.15, -0.1) is 13.6 Å². The first kappa shape index (κ1) is 104. The Morgan fingerprint density at radius 2 is 0.793 bits per heavy atom. The van der Waals surface area contributed by atoms with Gasteiger partial charge in [-0.3, -0.25) is 0 Å². The summed E-state index contributed by atoms with van der Waals surface area (Å²) in [7, 11) is 1.91. The SMILES string of the molecule is COC(C(=O)[O-])C1O[B-]2(OC(C(O)CO)C1OC)OC(C(O)CO)C1O[B-]3(OC(C(=O)[O-])C4O[B-]5(OC(C(O)CO)C4O3)OC3C(CO)O[B-](C)(C)OC3C(C(O)C(=O)[O-])O5)OC(C(=O)[O-])C1O2.O=C([O-])C(O)C(O)C(O)C(O)C(O)CO.[2HH].[2HH].[Na+].[Na+].[Na+].[Na+].[Na+].[Na+].[Na+].[Na+].[Na+]. The monoisotopic (exact) mass is 1430 g/mol. The van der Waals surface area contributed by atoms with Crippen LogP contribution in [0.3, 0.4) is 0 Å². The number of carboxylic acids is 5. The van der Waals surface area contributed by atoms with E-state index in [1.165, 1.54) is 13.6 Å². The van der Waals surface area contributed by atoms with Crippen molar-refractivity contribution in [3.8, 4) is 0 Å². The summed E-state index contributed by atoms with van der Waals surface area (Å²) in [6.45, 7) is -17.8. The maximum absolute atomic E-state index is 13.1. The molecule has 7 aliphatic rings. The molecule has 14 N–H and O–H groups in total. The summed E-state index contributed by atoms with van der Waals surface area (Å²) in [5.74, 6) is -10.6. The van der Waals surface area contributed by atoms with Crippen molar-refractivity contribution in [2.75, 3.05) is 47.3 Å². The number of carboxylic acid groups (broad SMARTS) is 5. The minimum Gasteiger partial charge on any atom is -0.562 e. The van der Waals surface area contributed by atoms with Gasteiger partial charge in [0, 0.05) is 17.1 Å². The van der Waals surface area contributed by atoms with Crippen molar-refractivity contribution in [3.63, 3.8) is 0 Å². The molecule has 482 valence electrons. The number of aliphatic hydroxyl groups excluding tert-OH is 14. The predicted molar refractivity (Wildman–Crippen MR) is 243 cm³/mol. The molecule has 0 bridgehead atoms. The zero-order chi connectivity index (χ0) is 62.2. The normalized spacial score (nSPS) is 37.1. The molecule has 7 heterocycles. The van der Waals surface area contributed by atoms with Gasteiger partial charge in [0.15, 0.2) is 0 Å². The van der Waals surface area contributed by atoms with E-state index in [-0.39, 0.29) is 269 Å². The minimum absolute atomic E-state index is 0. The fourth-order valence-electron chi connectivity index (χ4n) is 10.4. The molecule has 40 nitrogen and oxygen atoms in total. The smallest absolute Gasteiger partial charge is 0.562 e. The van der Waals surface area contributed by atoms with Crippen LogP contribution in [0, 0.1) is 0 Å². The van der Waals surface area contributed by atoms with E-state index in [0.29, 0.717) is 0 Å². The number of ether oxygens (including phenoxy) is 2. The molecular weight excluding hydrogens is 1360 g/mol. The maximum Gasteiger partial charge on any atom is 1.00 e. The van der Waals surface area contributed by atoms with E-state index >= 15 is 0 Å². The van der Waals surface area contributed by atoms with Gasteiger partial charge >= 0.3 is 287 Å². The zero-order valence-electron chi connectivity index (χ0n) is 52.7. The van der Waals surface area contributed by atoms with Crippen LogP contribution in [0.25, 0.3) is 0 Å². The molecule has 0 aromatic rings. The third-order valence-electron chi connectivity index (χ3n) is 14.2. The van der Waals surface area contributed by atoms with E-state index < -0.39 is 243 Å². The molecule has 0 radical (unpaired) electrons. The molecule has 7 rings (SSSR count). The number of hydrogen-bond donors (Lipinski definition) is 14. The standard InChI is InChI=1S/C32H52B4O32.C7H14O8.9Na.2H2/c1-33(2)55-12(8-40)17-22(56-33)18(13(44)29(45)46)61-35(60-17)59-16(11(43)7-39)21-25(66-35)28(32(51)52)68-36(63-21)62-20-15(10(42)6-38)58-34(65-24(20)27(67-36)31(49)50)57-14(9(41)5-37)19(53-3)23(64-34)26(54-4)30(47)48;8-1-2(9)3(10)4(11)5(12)6(13)7(14)15;;;;;;;;;;;/h9-28,37-44H,5-8H2,1-4H3,(H,45,46)(H,47,48)(H,49,50)(H,51,52);2-6,8-13H,1H2,(H,14,15);;;;;;;;;;2*1H/q-4;;9*+1;;/p-5/i;;;;;;;;;;;2*1+1. The maximum atomic E-state index is 13.1. The van der Waals surface area contributed by atoms with Crippen molar-refractivity contribution >= 4 is 57.3 Å². The van der Waals surface area contributed by atoms with Gasteiger partial charge in [-0.05, 0) is 0 Å². The summed E-state index contributed by atoms with van der Waals surface area (Å²) in [5, 5.41) is 198. The number of aliphatic carboxylic acids is 5. The van der Waals surface area contributed by atoms with Gasteiger partial charge < -0.3 is 196 Å². The Morgan fingerprint density at radius 3 is 1.16 bits per heavy atom. The Labute approximate surface area is 724 Å². The quantitative estimate of drug-likeness (QED) is 0.0475. The molecular formula is C39H65B4Na9O40. The van der Waals surface area contributed by atoms with Crippen molar-refractivity contribution in [1.29, 1.82) is 0 Å². The van der Waals surface area contributed by atoms with E-state index in [1.807, 2.05) is 0 Å². The van der Waals surface area contributed by atoms with E-state index in [0.717, 1.165) is 14.2 Å². The predicted octanol–water partition coefficient (Wildman–Crippen LogP) is -46.0. The second-order valence-electron chi connectivity index (χ2n) is 20.2. The van der Waals surface area contributed by atoms with Crippen LogP contribution in [0.5, 0.6) is 0 Å². The van der Waals surface area contributed by atoms with E-state index in [4.69, 9.17) is 105 Å². The van der Waals surface area contributed by atoms with Crippen molar-refractivity contribution in [2.45, 2.75) is 166 Å². The fraction of sp³-hybridized carbons (Fsp3) is 0.872. The summed E-state index contributed by atoms with van der Waals surface area (Å²) >= 11 is 0. The molecule has 28 unspecified atom stereocenters. The third-order valence-corrected chi connectivity index (χ3v) is 14.2. The van der Waals surface area contributed by atoms with Crippen molar-refractivity contribution < 1.29 is 465 Å². The van der Waals surface area contributed by atoms with Gasteiger partial charge in [-0.25, -0.2) is 0 Å². The first-order chi connectivity index (χ1) is 38.8. The molecule has 0 aromatic heterocycles. The van der Waals surface area contributed by atoms with Gasteiger partial charge in [0.05, 0.1) is 148 Å². The van der Waals surface area contributed by atoms with Crippen molar-refractivity contribution in [2.24, 2.45) is 0 Å². The molecule has 7 aliphatic heterocycles. The second kappa shape index (κ2) is 44.5. The van der Waals surface area contributed by atoms with Crippen LogP contribution >= 0.6 is 0 Å². The van der Waals surface area contributed by atoms with Crippen LogP contribution in [0.15, 0.2) is 0 Å². The number of carbonyl (C=O) groups excluding carboxylic acids is 5. The number of rotatable bonds is 21. The number of fused-ring (bicyclic) bond motifs is 3. The summed E-state index contributed by atoms with van der Waals surface area (Å²) in [6.07, 6.45) is -52.7. The average Bonchev–Trinajstić information content (AvgIpc) is 0.719. The van der Waals surface area contributed by atoms with Crippen molar-refractivity contribution in [1.82, 2.24) is 0 Å². The Balaban J connectivity index is -0.000000665. The van der Waals surface area contributed by atoms with Crippen LogP contribution in [-0.4, -0.2) is 329 Å². The fourth-order valence-corrected chi connectivity index (χ4v) is 10.4. The molecule has 0 aromatic carbocycles. The minimum atomic E-state index is -4.50. The van der Waals surface area contributed by atoms with E-state index in [2.05, 4.69) is 0 Å². The Morgan fingerprint density at radius 1 is 0.424 bits per heavy atom. The summed E-state index contributed by atoms with van der Waals surface area (Å²) in [5.41, 5.74) is 0. The van der Waals surface area contributed by atoms with Gasteiger partial charge in [0.2, 0.25) is 6.55 Å². The molecule has 7 fully saturated rings. The molecule has 0 amide bonds. The summed E-state index contributed by atoms with van der Waals surface area (Å²) in [4.78, 5) is 60.5. The molecule has 53 heteroatoms. The Kier molecular flexibility index (Phi) is 50.2. The summed E-state index contributed by atoms with van der Waals surface area (Å²) in [6, 6.07) is 0. The number of methoxy groups -OCH3 is 2. The summed E-state index contributed by atoms with van der Waals surface area (Å²) < 4.78 is 91.8. The number of hydrogen-bond acceptors (Lipinski definition) is 40. The van der Waals surface area contributed by atoms with E-state index in [1.54, 1.807) is 0 Å². The first-order valence-electron chi connectivity index (χ1n) is 25.1. The van der Waals surface area contributed by atoms with Crippen LogP contribution < -0.4 is 292 Å². The largest absolute Gasteiger partial charge is 1.00 e. The molecule has 7 saturated heterocycles. The molecule has 3 spiro atoms. The van der Waals surface area contributed by atoms with Gasteiger partial charge in [-0.2, -0.15) is 0 Å². The van der Waals surface area contributed by atoms with Crippen LogP contribution in [-0.2, 0) is 98.6 Å². The van der Waals surface area contributed by atoms with Crippen LogP contribution in [0.1, 0.15) is 2.85 Å². The van der Waals surface area contributed by atoms with Crippen molar-refractivity contribution in [3.05, 3.63) is 0 Å². The Hall–Kier alpha value is 5.41. The number of carbonyl (C=O) groups is 5. The average molecular weight is 1430 g/mol. The molecule has 28 atom stereocenters. The second-order valence-corrected chi connectivity index (χ2v) is 20.2.